The first-order chi connectivity index (χ1) is 13.0. The van der Waals surface area contributed by atoms with E-state index in [1.165, 1.54) is 12.3 Å². The number of fused-ring (bicyclic) bond motifs is 1. The Morgan fingerprint density at radius 1 is 1.19 bits per heavy atom. The maximum absolute atomic E-state index is 13.6. The van der Waals surface area contributed by atoms with Gasteiger partial charge in [0.15, 0.2) is 5.65 Å². The fourth-order valence-corrected chi connectivity index (χ4v) is 3.43. The van der Waals surface area contributed by atoms with Gasteiger partial charge >= 0.3 is 0 Å². The summed E-state index contributed by atoms with van der Waals surface area (Å²) in [7, 11) is 0. The molecule has 0 unspecified atom stereocenters. The van der Waals surface area contributed by atoms with Crippen molar-refractivity contribution in [1.82, 2.24) is 19.5 Å². The van der Waals surface area contributed by atoms with Crippen LogP contribution in [0.3, 0.4) is 0 Å². The van der Waals surface area contributed by atoms with Crippen LogP contribution in [0.25, 0.3) is 16.9 Å². The number of carbonyl (C=O) groups excluding carboxylic acids is 1. The molecule has 3 aromatic rings. The van der Waals surface area contributed by atoms with Crippen LogP contribution in [0.1, 0.15) is 42.2 Å². The predicted molar refractivity (Wildman–Crippen MR) is 97.7 cm³/mol. The van der Waals surface area contributed by atoms with Crippen molar-refractivity contribution in [1.29, 1.82) is 0 Å². The van der Waals surface area contributed by atoms with Gasteiger partial charge in [-0.25, -0.2) is 18.3 Å². The number of halogens is 2. The van der Waals surface area contributed by atoms with E-state index < -0.39 is 6.43 Å². The van der Waals surface area contributed by atoms with Crippen LogP contribution in [0.15, 0.2) is 42.6 Å². The van der Waals surface area contributed by atoms with Crippen molar-refractivity contribution in [3.8, 4) is 11.3 Å². The Morgan fingerprint density at radius 3 is 2.56 bits per heavy atom. The van der Waals surface area contributed by atoms with Gasteiger partial charge < -0.3 is 4.90 Å². The summed E-state index contributed by atoms with van der Waals surface area (Å²) in [5.41, 5.74) is 1.29. The molecule has 7 heteroatoms. The molecule has 2 aromatic heterocycles. The summed E-state index contributed by atoms with van der Waals surface area (Å²) in [5.74, 6) is 0.390. The molecule has 1 saturated heterocycles. The van der Waals surface area contributed by atoms with E-state index in [9.17, 15) is 13.6 Å². The molecule has 0 atom stereocenters. The highest BCUT2D eigenvalue weighted by Crippen LogP contribution is 2.27. The molecule has 27 heavy (non-hydrogen) atoms. The van der Waals surface area contributed by atoms with Gasteiger partial charge in [0.1, 0.15) is 11.3 Å². The lowest BCUT2D eigenvalue weighted by Gasteiger charge is -2.30. The summed E-state index contributed by atoms with van der Waals surface area (Å²) in [5, 5.41) is 4.03. The van der Waals surface area contributed by atoms with Gasteiger partial charge in [0.25, 0.3) is 12.3 Å². The van der Waals surface area contributed by atoms with E-state index in [0.717, 1.165) is 17.4 Å². The first kappa shape index (κ1) is 17.6. The highest BCUT2D eigenvalue weighted by molar-refractivity contribution is 6.00. The SMILES string of the molecule is CC1CCN(C(=O)c2cnn3c(C(F)F)cc(-c4ccccc4)nc23)CC1. The summed E-state index contributed by atoms with van der Waals surface area (Å²) in [6.07, 6.45) is 0.506. The summed E-state index contributed by atoms with van der Waals surface area (Å²) >= 11 is 0. The highest BCUT2D eigenvalue weighted by atomic mass is 19.3. The Bertz CT molecular complexity index is 963. The molecule has 5 nitrogen and oxygen atoms in total. The number of benzene rings is 1. The number of nitrogens with zero attached hydrogens (tertiary/aromatic N) is 4. The Hall–Kier alpha value is -2.83. The molecule has 0 radical (unpaired) electrons. The molecule has 3 heterocycles. The second kappa shape index (κ2) is 7.06. The number of alkyl halides is 2. The number of piperidine rings is 1. The smallest absolute Gasteiger partial charge is 0.280 e. The number of hydrogen-bond acceptors (Lipinski definition) is 3. The van der Waals surface area contributed by atoms with Crippen LogP contribution in [0.4, 0.5) is 8.78 Å². The molecule has 1 fully saturated rings. The van der Waals surface area contributed by atoms with E-state index in [1.54, 1.807) is 17.0 Å². The van der Waals surface area contributed by atoms with Crippen LogP contribution in [0.2, 0.25) is 0 Å². The van der Waals surface area contributed by atoms with Crippen molar-refractivity contribution in [2.75, 3.05) is 13.1 Å². The standard InChI is InChI=1S/C20H20F2N4O/c1-13-7-9-25(10-8-13)20(27)15-12-23-26-17(18(21)22)11-16(24-19(15)26)14-5-3-2-4-6-14/h2-6,11-13,18H,7-10H2,1H3. The third-order valence-electron chi connectivity index (χ3n) is 5.09. The molecule has 0 N–H and O–H groups in total. The number of amides is 1. The summed E-state index contributed by atoms with van der Waals surface area (Å²) in [4.78, 5) is 19.2. The van der Waals surface area contributed by atoms with Crippen molar-refractivity contribution in [2.45, 2.75) is 26.2 Å². The third-order valence-corrected chi connectivity index (χ3v) is 5.09. The quantitative estimate of drug-likeness (QED) is 0.694. The molecule has 1 aliphatic rings. The minimum absolute atomic E-state index is 0.176. The van der Waals surface area contributed by atoms with Crippen molar-refractivity contribution < 1.29 is 13.6 Å². The highest BCUT2D eigenvalue weighted by Gasteiger charge is 2.26. The molecular weight excluding hydrogens is 350 g/mol. The number of carbonyl (C=O) groups is 1. The zero-order valence-electron chi connectivity index (χ0n) is 15.0. The van der Waals surface area contributed by atoms with Gasteiger partial charge in [-0.3, -0.25) is 4.79 Å². The van der Waals surface area contributed by atoms with Gasteiger partial charge in [-0.1, -0.05) is 37.3 Å². The van der Waals surface area contributed by atoms with Gasteiger partial charge in [0.2, 0.25) is 0 Å². The molecule has 0 spiro atoms. The summed E-state index contributed by atoms with van der Waals surface area (Å²) in [6, 6.07) is 10.4. The summed E-state index contributed by atoms with van der Waals surface area (Å²) < 4.78 is 28.3. The Kier molecular flexibility index (Phi) is 4.59. The van der Waals surface area contributed by atoms with E-state index in [1.807, 2.05) is 18.2 Å². The average molecular weight is 370 g/mol. The minimum atomic E-state index is -2.73. The fraction of sp³-hybridized carbons (Fsp3) is 0.350. The molecule has 0 aliphatic carbocycles. The minimum Gasteiger partial charge on any atom is -0.338 e. The van der Waals surface area contributed by atoms with Gasteiger partial charge in [-0.05, 0) is 24.8 Å². The van der Waals surface area contributed by atoms with E-state index in [-0.39, 0.29) is 22.8 Å². The first-order valence-corrected chi connectivity index (χ1v) is 9.06. The van der Waals surface area contributed by atoms with Gasteiger partial charge in [0, 0.05) is 18.7 Å². The van der Waals surface area contributed by atoms with Crippen molar-refractivity contribution in [2.24, 2.45) is 5.92 Å². The molecule has 4 rings (SSSR count). The third kappa shape index (κ3) is 3.29. The lowest BCUT2D eigenvalue weighted by Crippen LogP contribution is -2.37. The van der Waals surface area contributed by atoms with E-state index in [4.69, 9.17) is 0 Å². The van der Waals surface area contributed by atoms with Crippen LogP contribution in [0.5, 0.6) is 0 Å². The molecule has 0 saturated carbocycles. The monoisotopic (exact) mass is 370 g/mol. The largest absolute Gasteiger partial charge is 0.338 e. The molecule has 140 valence electrons. The van der Waals surface area contributed by atoms with Crippen molar-refractivity contribution >= 4 is 11.6 Å². The summed E-state index contributed by atoms with van der Waals surface area (Å²) in [6.45, 7) is 3.49. The van der Waals surface area contributed by atoms with E-state index >= 15 is 0 Å². The Labute approximate surface area is 155 Å². The zero-order valence-corrected chi connectivity index (χ0v) is 15.0. The number of hydrogen-bond donors (Lipinski definition) is 0. The fourth-order valence-electron chi connectivity index (χ4n) is 3.43. The first-order valence-electron chi connectivity index (χ1n) is 9.06. The Balaban J connectivity index is 1.80. The molecule has 1 amide bonds. The second-order valence-corrected chi connectivity index (χ2v) is 7.00. The number of aromatic nitrogens is 3. The van der Waals surface area contributed by atoms with Gasteiger partial charge in [0.05, 0.1) is 11.9 Å². The zero-order chi connectivity index (χ0) is 19.0. The average Bonchev–Trinajstić information content (AvgIpc) is 3.11. The molecule has 1 aliphatic heterocycles. The number of rotatable bonds is 3. The van der Waals surface area contributed by atoms with Crippen LogP contribution < -0.4 is 0 Å². The lowest BCUT2D eigenvalue weighted by molar-refractivity contribution is 0.0699. The van der Waals surface area contributed by atoms with Crippen molar-refractivity contribution in [3.05, 3.63) is 53.9 Å². The van der Waals surface area contributed by atoms with Gasteiger partial charge in [-0.15, -0.1) is 0 Å². The van der Waals surface area contributed by atoms with Gasteiger partial charge in [-0.2, -0.15) is 5.10 Å². The van der Waals surface area contributed by atoms with Crippen molar-refractivity contribution in [3.63, 3.8) is 0 Å². The van der Waals surface area contributed by atoms with E-state index in [2.05, 4.69) is 17.0 Å². The molecule has 1 aromatic carbocycles. The maximum Gasteiger partial charge on any atom is 0.280 e. The maximum atomic E-state index is 13.6. The molecular formula is C20H20F2N4O. The Morgan fingerprint density at radius 2 is 1.89 bits per heavy atom. The lowest BCUT2D eigenvalue weighted by atomic mass is 9.99. The van der Waals surface area contributed by atoms with Crippen LogP contribution >= 0.6 is 0 Å². The topological polar surface area (TPSA) is 50.5 Å². The number of likely N-dealkylation sites (tertiary alicyclic amines) is 1. The van der Waals surface area contributed by atoms with Crippen LogP contribution in [-0.4, -0.2) is 38.5 Å². The van der Waals surface area contributed by atoms with E-state index in [0.29, 0.717) is 30.3 Å². The predicted octanol–water partition coefficient (Wildman–Crippen LogP) is 4.21. The normalized spacial score (nSPS) is 15.6. The van der Waals surface area contributed by atoms with Crippen LogP contribution in [0, 0.1) is 5.92 Å². The second-order valence-electron chi connectivity index (χ2n) is 7.00. The molecule has 0 bridgehead atoms. The van der Waals surface area contributed by atoms with Crippen LogP contribution in [-0.2, 0) is 0 Å².